The van der Waals surface area contributed by atoms with E-state index in [0.29, 0.717) is 13.1 Å². The number of nitrogens with one attached hydrogen (secondary N) is 1. The van der Waals surface area contributed by atoms with Crippen LogP contribution in [0.25, 0.3) is 0 Å². The Morgan fingerprint density at radius 2 is 2.12 bits per heavy atom. The maximum atomic E-state index is 11.9. The third-order valence-electron chi connectivity index (χ3n) is 2.60. The molecule has 0 aliphatic rings. The Bertz CT molecular complexity index is 360. The summed E-state index contributed by atoms with van der Waals surface area (Å²) >= 11 is 0. The fourth-order valence-electron chi connectivity index (χ4n) is 1.65. The van der Waals surface area contributed by atoms with E-state index in [1.54, 1.807) is 0 Å². The molecule has 0 aromatic heterocycles. The van der Waals surface area contributed by atoms with Crippen molar-refractivity contribution < 1.29 is 4.79 Å². The Morgan fingerprint density at radius 3 is 2.71 bits per heavy atom. The minimum Gasteiger partial charge on any atom is -0.355 e. The Kier molecular flexibility index (Phi) is 6.04. The third-order valence-corrected chi connectivity index (χ3v) is 2.60. The predicted octanol–water partition coefficient (Wildman–Crippen LogP) is 1.81. The van der Waals surface area contributed by atoms with Gasteiger partial charge in [0, 0.05) is 13.1 Å². The standard InChI is InChI=1S/C14H20N2O/c1-2-3-7-10-16-14(17)13(11-15)12-8-5-4-6-9-12/h2-6,8-9,13H,7,10-11,15H2,1H3,(H,16,17)/b3-2+. The number of carbonyl (C=O) groups is 1. The van der Waals surface area contributed by atoms with Crippen LogP contribution in [0.3, 0.4) is 0 Å². The highest BCUT2D eigenvalue weighted by atomic mass is 16.1. The summed E-state index contributed by atoms with van der Waals surface area (Å²) in [6.07, 6.45) is 4.86. The molecule has 3 N–H and O–H groups in total. The Balaban J connectivity index is 2.53. The lowest BCUT2D eigenvalue weighted by Crippen LogP contribution is -2.33. The van der Waals surface area contributed by atoms with Crippen molar-refractivity contribution in [1.29, 1.82) is 0 Å². The first-order valence-electron chi connectivity index (χ1n) is 5.93. The molecule has 0 aliphatic heterocycles. The average molecular weight is 232 g/mol. The quantitative estimate of drug-likeness (QED) is 0.580. The zero-order chi connectivity index (χ0) is 12.5. The molecule has 92 valence electrons. The highest BCUT2D eigenvalue weighted by Crippen LogP contribution is 2.13. The molecule has 0 spiro atoms. The van der Waals surface area contributed by atoms with Crippen molar-refractivity contribution in [3.8, 4) is 0 Å². The van der Waals surface area contributed by atoms with Crippen LogP contribution in [0.2, 0.25) is 0 Å². The van der Waals surface area contributed by atoms with Crippen LogP contribution in [-0.2, 0) is 4.79 Å². The second-order valence-electron chi connectivity index (χ2n) is 3.85. The second-order valence-corrected chi connectivity index (χ2v) is 3.85. The van der Waals surface area contributed by atoms with Gasteiger partial charge in [-0.3, -0.25) is 4.79 Å². The van der Waals surface area contributed by atoms with E-state index in [9.17, 15) is 4.79 Å². The molecule has 0 saturated carbocycles. The van der Waals surface area contributed by atoms with Gasteiger partial charge in [-0.05, 0) is 18.9 Å². The van der Waals surface area contributed by atoms with E-state index in [1.807, 2.05) is 49.4 Å². The van der Waals surface area contributed by atoms with Crippen LogP contribution in [-0.4, -0.2) is 19.0 Å². The first-order chi connectivity index (χ1) is 8.29. The van der Waals surface area contributed by atoms with Gasteiger partial charge < -0.3 is 11.1 Å². The molecule has 3 nitrogen and oxygen atoms in total. The fraction of sp³-hybridized carbons (Fsp3) is 0.357. The summed E-state index contributed by atoms with van der Waals surface area (Å²) < 4.78 is 0. The first kappa shape index (κ1) is 13.5. The molecule has 0 bridgehead atoms. The van der Waals surface area contributed by atoms with Gasteiger partial charge in [-0.2, -0.15) is 0 Å². The summed E-state index contributed by atoms with van der Waals surface area (Å²) in [6.45, 7) is 2.96. The van der Waals surface area contributed by atoms with E-state index in [1.165, 1.54) is 0 Å². The van der Waals surface area contributed by atoms with Crippen LogP contribution >= 0.6 is 0 Å². The summed E-state index contributed by atoms with van der Waals surface area (Å²) in [5, 5.41) is 2.90. The SMILES string of the molecule is C/C=C/CCNC(=O)C(CN)c1ccccc1. The van der Waals surface area contributed by atoms with E-state index in [2.05, 4.69) is 5.32 Å². The number of rotatable bonds is 6. The van der Waals surface area contributed by atoms with Crippen LogP contribution in [0.4, 0.5) is 0 Å². The molecule has 1 amide bonds. The minimum atomic E-state index is -0.248. The molecule has 1 atom stereocenters. The number of carbonyl (C=O) groups excluding carboxylic acids is 1. The Labute approximate surface area is 103 Å². The lowest BCUT2D eigenvalue weighted by molar-refractivity contribution is -0.122. The van der Waals surface area contributed by atoms with Gasteiger partial charge in [-0.25, -0.2) is 0 Å². The Hall–Kier alpha value is -1.61. The van der Waals surface area contributed by atoms with Crippen molar-refractivity contribution in [2.75, 3.05) is 13.1 Å². The van der Waals surface area contributed by atoms with Crippen molar-refractivity contribution in [2.45, 2.75) is 19.3 Å². The Morgan fingerprint density at radius 1 is 1.41 bits per heavy atom. The zero-order valence-corrected chi connectivity index (χ0v) is 10.2. The highest BCUT2D eigenvalue weighted by Gasteiger charge is 2.17. The number of nitrogens with two attached hydrogens (primary N) is 1. The monoisotopic (exact) mass is 232 g/mol. The van der Waals surface area contributed by atoms with E-state index in [4.69, 9.17) is 5.73 Å². The van der Waals surface area contributed by atoms with Gasteiger partial charge in [-0.1, -0.05) is 42.5 Å². The molecule has 1 unspecified atom stereocenters. The van der Waals surface area contributed by atoms with Crippen molar-refractivity contribution in [1.82, 2.24) is 5.32 Å². The normalized spacial score (nSPS) is 12.6. The number of amides is 1. The summed E-state index contributed by atoms with van der Waals surface area (Å²) in [7, 11) is 0. The van der Waals surface area contributed by atoms with Gasteiger partial charge in [0.2, 0.25) is 5.91 Å². The van der Waals surface area contributed by atoms with Crippen LogP contribution in [0.1, 0.15) is 24.8 Å². The van der Waals surface area contributed by atoms with E-state index in [-0.39, 0.29) is 11.8 Å². The topological polar surface area (TPSA) is 55.1 Å². The highest BCUT2D eigenvalue weighted by molar-refractivity contribution is 5.83. The predicted molar refractivity (Wildman–Crippen MR) is 70.7 cm³/mol. The molecule has 17 heavy (non-hydrogen) atoms. The van der Waals surface area contributed by atoms with Crippen molar-refractivity contribution in [3.05, 3.63) is 48.0 Å². The van der Waals surface area contributed by atoms with Crippen LogP contribution in [0, 0.1) is 0 Å². The van der Waals surface area contributed by atoms with Crippen LogP contribution in [0.5, 0.6) is 0 Å². The van der Waals surface area contributed by atoms with Gasteiger partial charge in [0.05, 0.1) is 5.92 Å². The van der Waals surface area contributed by atoms with Gasteiger partial charge in [-0.15, -0.1) is 0 Å². The minimum absolute atomic E-state index is 0.00297. The van der Waals surface area contributed by atoms with E-state index in [0.717, 1.165) is 12.0 Å². The van der Waals surface area contributed by atoms with Gasteiger partial charge in [0.15, 0.2) is 0 Å². The lowest BCUT2D eigenvalue weighted by atomic mass is 9.98. The molecule has 0 fully saturated rings. The summed E-state index contributed by atoms with van der Waals surface area (Å²) in [5.41, 5.74) is 6.63. The van der Waals surface area contributed by atoms with Gasteiger partial charge >= 0.3 is 0 Å². The first-order valence-corrected chi connectivity index (χ1v) is 5.93. The molecular weight excluding hydrogens is 212 g/mol. The van der Waals surface area contributed by atoms with Crippen molar-refractivity contribution >= 4 is 5.91 Å². The molecule has 1 rings (SSSR count). The molecule has 0 aliphatic carbocycles. The summed E-state index contributed by atoms with van der Waals surface area (Å²) in [6, 6.07) is 9.64. The van der Waals surface area contributed by atoms with Crippen molar-refractivity contribution in [3.63, 3.8) is 0 Å². The number of hydrogen-bond acceptors (Lipinski definition) is 2. The smallest absolute Gasteiger partial charge is 0.228 e. The van der Waals surface area contributed by atoms with E-state index >= 15 is 0 Å². The third kappa shape index (κ3) is 4.41. The molecule has 1 aromatic carbocycles. The van der Waals surface area contributed by atoms with Crippen molar-refractivity contribution in [2.24, 2.45) is 5.73 Å². The van der Waals surface area contributed by atoms with Crippen LogP contribution < -0.4 is 11.1 Å². The second kappa shape index (κ2) is 7.63. The zero-order valence-electron chi connectivity index (χ0n) is 10.2. The largest absolute Gasteiger partial charge is 0.355 e. The average Bonchev–Trinajstić information content (AvgIpc) is 2.37. The molecule has 0 heterocycles. The van der Waals surface area contributed by atoms with Crippen LogP contribution in [0.15, 0.2) is 42.5 Å². The number of hydrogen-bond donors (Lipinski definition) is 2. The summed E-state index contributed by atoms with van der Waals surface area (Å²) in [4.78, 5) is 11.9. The molecule has 0 saturated heterocycles. The maximum Gasteiger partial charge on any atom is 0.228 e. The maximum absolute atomic E-state index is 11.9. The molecular formula is C14H20N2O. The molecule has 3 heteroatoms. The molecule has 1 aromatic rings. The fourth-order valence-corrected chi connectivity index (χ4v) is 1.65. The van der Waals surface area contributed by atoms with Gasteiger partial charge in [0.1, 0.15) is 0 Å². The van der Waals surface area contributed by atoms with Gasteiger partial charge in [0.25, 0.3) is 0 Å². The lowest BCUT2D eigenvalue weighted by Gasteiger charge is -2.14. The summed E-state index contributed by atoms with van der Waals surface area (Å²) in [5.74, 6) is -0.245. The molecule has 0 radical (unpaired) electrons. The number of benzene rings is 1. The van der Waals surface area contributed by atoms with E-state index < -0.39 is 0 Å². The number of allylic oxidation sites excluding steroid dienone is 1.